The van der Waals surface area contributed by atoms with Gasteiger partial charge in [-0.25, -0.2) is 0 Å². The molecule has 114 valence electrons. The summed E-state index contributed by atoms with van der Waals surface area (Å²) < 4.78 is 5.36. The molecule has 0 radical (unpaired) electrons. The highest BCUT2D eigenvalue weighted by atomic mass is 32.2. The number of carbonyl (C=O) groups is 2. The fourth-order valence-electron chi connectivity index (χ4n) is 1.98. The molecule has 1 aromatic rings. The SMILES string of the molecule is CCOc1ccc(SCC(=O)N(CC(=O)O)C2CC2)cc1. The second-order valence-electron chi connectivity index (χ2n) is 4.84. The molecule has 0 aliphatic heterocycles. The largest absolute Gasteiger partial charge is 0.494 e. The molecule has 0 aromatic heterocycles. The van der Waals surface area contributed by atoms with E-state index in [0.29, 0.717) is 6.61 Å². The first-order valence-corrected chi connectivity index (χ1v) is 7.95. The van der Waals surface area contributed by atoms with Crippen LogP contribution in [-0.4, -0.2) is 46.8 Å². The zero-order valence-corrected chi connectivity index (χ0v) is 12.8. The van der Waals surface area contributed by atoms with Gasteiger partial charge in [0.15, 0.2) is 0 Å². The lowest BCUT2D eigenvalue weighted by Crippen LogP contribution is -2.38. The number of carbonyl (C=O) groups excluding carboxylic acids is 1. The molecule has 6 heteroatoms. The molecule has 5 nitrogen and oxygen atoms in total. The van der Waals surface area contributed by atoms with Crippen LogP contribution >= 0.6 is 11.8 Å². The number of hydrogen-bond acceptors (Lipinski definition) is 4. The van der Waals surface area contributed by atoms with Gasteiger partial charge in [-0.3, -0.25) is 9.59 Å². The van der Waals surface area contributed by atoms with Crippen LogP contribution in [0.15, 0.2) is 29.2 Å². The molecule has 1 N–H and O–H groups in total. The zero-order chi connectivity index (χ0) is 15.2. The van der Waals surface area contributed by atoms with E-state index in [0.717, 1.165) is 23.5 Å². The quantitative estimate of drug-likeness (QED) is 0.746. The maximum atomic E-state index is 12.1. The van der Waals surface area contributed by atoms with Gasteiger partial charge in [0.25, 0.3) is 0 Å². The lowest BCUT2D eigenvalue weighted by molar-refractivity contribution is -0.143. The van der Waals surface area contributed by atoms with Crippen molar-refractivity contribution >= 4 is 23.6 Å². The molecule has 1 aromatic carbocycles. The van der Waals surface area contributed by atoms with Crippen LogP contribution < -0.4 is 4.74 Å². The Balaban J connectivity index is 1.85. The fourth-order valence-corrected chi connectivity index (χ4v) is 2.76. The van der Waals surface area contributed by atoms with Crippen LogP contribution in [0.1, 0.15) is 19.8 Å². The van der Waals surface area contributed by atoms with Crippen molar-refractivity contribution in [3.05, 3.63) is 24.3 Å². The first-order chi connectivity index (χ1) is 10.1. The minimum Gasteiger partial charge on any atom is -0.494 e. The first kappa shape index (κ1) is 15.7. The summed E-state index contributed by atoms with van der Waals surface area (Å²) >= 11 is 1.42. The van der Waals surface area contributed by atoms with Gasteiger partial charge in [0.1, 0.15) is 12.3 Å². The van der Waals surface area contributed by atoms with E-state index in [4.69, 9.17) is 9.84 Å². The Morgan fingerprint density at radius 2 is 2.00 bits per heavy atom. The zero-order valence-electron chi connectivity index (χ0n) is 11.9. The van der Waals surface area contributed by atoms with Crippen molar-refractivity contribution in [3.63, 3.8) is 0 Å². The van der Waals surface area contributed by atoms with Gasteiger partial charge in [-0.15, -0.1) is 11.8 Å². The Labute approximate surface area is 128 Å². The first-order valence-electron chi connectivity index (χ1n) is 6.97. The second-order valence-corrected chi connectivity index (χ2v) is 5.89. The highest BCUT2D eigenvalue weighted by molar-refractivity contribution is 8.00. The Morgan fingerprint density at radius 1 is 1.33 bits per heavy atom. The van der Waals surface area contributed by atoms with Crippen LogP contribution in [0, 0.1) is 0 Å². The summed E-state index contributed by atoms with van der Waals surface area (Å²) in [5, 5.41) is 8.86. The molecule has 2 rings (SSSR count). The van der Waals surface area contributed by atoms with Gasteiger partial charge in [0.2, 0.25) is 5.91 Å². The smallest absolute Gasteiger partial charge is 0.323 e. The van der Waals surface area contributed by atoms with Crippen molar-refractivity contribution in [1.29, 1.82) is 0 Å². The molecular formula is C15H19NO4S. The van der Waals surface area contributed by atoms with E-state index in [1.165, 1.54) is 16.7 Å². The fraction of sp³-hybridized carbons (Fsp3) is 0.467. The maximum Gasteiger partial charge on any atom is 0.323 e. The molecule has 1 fully saturated rings. The van der Waals surface area contributed by atoms with Gasteiger partial charge < -0.3 is 14.7 Å². The van der Waals surface area contributed by atoms with Gasteiger partial charge in [-0.1, -0.05) is 0 Å². The Bertz CT molecular complexity index is 499. The number of rotatable bonds is 8. The molecule has 0 unspecified atom stereocenters. The third kappa shape index (κ3) is 4.97. The average molecular weight is 309 g/mol. The van der Waals surface area contributed by atoms with E-state index in [9.17, 15) is 9.59 Å². The number of carboxylic acid groups (broad SMARTS) is 1. The number of hydrogen-bond donors (Lipinski definition) is 1. The number of benzene rings is 1. The van der Waals surface area contributed by atoms with E-state index in [-0.39, 0.29) is 24.2 Å². The van der Waals surface area contributed by atoms with Crippen molar-refractivity contribution in [3.8, 4) is 5.75 Å². The van der Waals surface area contributed by atoms with E-state index < -0.39 is 5.97 Å². The summed E-state index contributed by atoms with van der Waals surface area (Å²) in [6, 6.07) is 7.66. The third-order valence-electron chi connectivity index (χ3n) is 3.11. The van der Waals surface area contributed by atoms with Crippen LogP contribution in [0.5, 0.6) is 5.75 Å². The topological polar surface area (TPSA) is 66.8 Å². The molecule has 0 bridgehead atoms. The minimum absolute atomic E-state index is 0.112. The van der Waals surface area contributed by atoms with Crippen LogP contribution in [0.25, 0.3) is 0 Å². The minimum atomic E-state index is -0.957. The standard InChI is InChI=1S/C15H19NO4S/c1-2-20-12-5-7-13(8-6-12)21-10-14(17)16(9-15(18)19)11-3-4-11/h5-8,11H,2-4,9-10H2,1H3,(H,18,19). The summed E-state index contributed by atoms with van der Waals surface area (Å²) in [5.74, 6) is -0.00337. The van der Waals surface area contributed by atoms with Crippen molar-refractivity contribution in [2.24, 2.45) is 0 Å². The Kier molecular flexibility index (Phi) is 5.50. The van der Waals surface area contributed by atoms with Crippen LogP contribution in [0.2, 0.25) is 0 Å². The van der Waals surface area contributed by atoms with Gasteiger partial charge in [-0.2, -0.15) is 0 Å². The Morgan fingerprint density at radius 3 is 2.52 bits per heavy atom. The van der Waals surface area contributed by atoms with Gasteiger partial charge in [0, 0.05) is 10.9 Å². The Hall–Kier alpha value is -1.69. The average Bonchev–Trinajstić information content (AvgIpc) is 3.28. The number of nitrogens with zero attached hydrogens (tertiary/aromatic N) is 1. The van der Waals surface area contributed by atoms with E-state index >= 15 is 0 Å². The normalized spacial score (nSPS) is 13.8. The highest BCUT2D eigenvalue weighted by Gasteiger charge is 2.33. The van der Waals surface area contributed by atoms with Crippen LogP contribution in [0.4, 0.5) is 0 Å². The molecule has 0 atom stereocenters. The van der Waals surface area contributed by atoms with E-state index in [2.05, 4.69) is 0 Å². The van der Waals surface area contributed by atoms with Crippen LogP contribution in [0.3, 0.4) is 0 Å². The van der Waals surface area contributed by atoms with Gasteiger partial charge >= 0.3 is 5.97 Å². The lowest BCUT2D eigenvalue weighted by atomic mass is 10.3. The molecular weight excluding hydrogens is 290 g/mol. The van der Waals surface area contributed by atoms with Gasteiger partial charge in [-0.05, 0) is 44.0 Å². The molecule has 1 saturated carbocycles. The number of thioether (sulfide) groups is 1. The molecule has 0 heterocycles. The lowest BCUT2D eigenvalue weighted by Gasteiger charge is -2.19. The van der Waals surface area contributed by atoms with E-state index in [1.54, 1.807) is 0 Å². The number of amides is 1. The van der Waals surface area contributed by atoms with Gasteiger partial charge in [0.05, 0.1) is 12.4 Å². The number of ether oxygens (including phenoxy) is 1. The molecule has 0 saturated heterocycles. The predicted octanol–water partition coefficient (Wildman–Crippen LogP) is 2.25. The summed E-state index contributed by atoms with van der Waals surface area (Å²) in [6.45, 7) is 2.35. The third-order valence-corrected chi connectivity index (χ3v) is 4.11. The molecule has 1 amide bonds. The molecule has 0 spiro atoms. The number of aliphatic carboxylic acids is 1. The predicted molar refractivity (Wildman–Crippen MR) is 80.7 cm³/mol. The van der Waals surface area contributed by atoms with Crippen molar-refractivity contribution in [2.75, 3.05) is 18.9 Å². The monoisotopic (exact) mass is 309 g/mol. The summed E-state index contributed by atoms with van der Waals surface area (Å²) in [5.41, 5.74) is 0. The molecule has 1 aliphatic rings. The maximum absolute atomic E-state index is 12.1. The summed E-state index contributed by atoms with van der Waals surface area (Å²) in [4.78, 5) is 25.4. The van der Waals surface area contributed by atoms with Crippen molar-refractivity contribution in [2.45, 2.75) is 30.7 Å². The van der Waals surface area contributed by atoms with Crippen molar-refractivity contribution < 1.29 is 19.4 Å². The highest BCUT2D eigenvalue weighted by Crippen LogP contribution is 2.28. The molecule has 21 heavy (non-hydrogen) atoms. The van der Waals surface area contributed by atoms with E-state index in [1.807, 2.05) is 31.2 Å². The summed E-state index contributed by atoms with van der Waals surface area (Å²) in [7, 11) is 0. The van der Waals surface area contributed by atoms with Crippen molar-refractivity contribution in [1.82, 2.24) is 4.90 Å². The number of carboxylic acids is 1. The summed E-state index contributed by atoms with van der Waals surface area (Å²) in [6.07, 6.45) is 1.82. The second kappa shape index (κ2) is 7.36. The molecule has 1 aliphatic carbocycles. The van der Waals surface area contributed by atoms with Crippen LogP contribution in [-0.2, 0) is 9.59 Å².